The quantitative estimate of drug-likeness (QED) is 0.586. The highest BCUT2D eigenvalue weighted by atomic mass is 16.5. The van der Waals surface area contributed by atoms with Gasteiger partial charge >= 0.3 is 0 Å². The fraction of sp³-hybridized carbons (Fsp3) is 0.308. The van der Waals surface area contributed by atoms with Crippen LogP contribution in [-0.4, -0.2) is 34.4 Å². The molecule has 1 saturated heterocycles. The zero-order valence-corrected chi connectivity index (χ0v) is 9.70. The number of fused-ring (bicyclic) bond motifs is 1. The number of aromatic nitrogens is 2. The predicted octanol–water partition coefficient (Wildman–Crippen LogP) is 1.12. The van der Waals surface area contributed by atoms with Crippen molar-refractivity contribution in [1.82, 2.24) is 9.61 Å². The number of ketones is 2. The molecule has 3 heterocycles. The fourth-order valence-corrected chi connectivity index (χ4v) is 2.18. The molecule has 0 saturated carbocycles. The molecule has 18 heavy (non-hydrogen) atoms. The SMILES string of the molecule is O=C1CCOCC1C(=O)c1cnn2ccccc12. The average molecular weight is 244 g/mol. The summed E-state index contributed by atoms with van der Waals surface area (Å²) >= 11 is 0. The van der Waals surface area contributed by atoms with Crippen LogP contribution in [0.1, 0.15) is 16.8 Å². The molecular formula is C13H12N2O3. The molecule has 1 fully saturated rings. The summed E-state index contributed by atoms with van der Waals surface area (Å²) in [6.45, 7) is 0.596. The second-order valence-electron chi connectivity index (χ2n) is 4.30. The minimum atomic E-state index is -0.674. The van der Waals surface area contributed by atoms with Crippen molar-refractivity contribution in [1.29, 1.82) is 0 Å². The topological polar surface area (TPSA) is 60.7 Å². The van der Waals surface area contributed by atoms with Crippen LogP contribution in [0, 0.1) is 5.92 Å². The van der Waals surface area contributed by atoms with Gasteiger partial charge < -0.3 is 4.74 Å². The Morgan fingerprint density at radius 3 is 3.17 bits per heavy atom. The zero-order valence-electron chi connectivity index (χ0n) is 9.70. The smallest absolute Gasteiger partial charge is 0.179 e. The lowest BCUT2D eigenvalue weighted by Gasteiger charge is -2.19. The van der Waals surface area contributed by atoms with Gasteiger partial charge in [-0.3, -0.25) is 9.59 Å². The van der Waals surface area contributed by atoms with Gasteiger partial charge in [-0.25, -0.2) is 4.52 Å². The van der Waals surface area contributed by atoms with E-state index in [4.69, 9.17) is 4.74 Å². The Labute approximate surface area is 103 Å². The number of hydrogen-bond acceptors (Lipinski definition) is 4. The normalized spacial score (nSPS) is 20.2. The van der Waals surface area contributed by atoms with E-state index >= 15 is 0 Å². The predicted molar refractivity (Wildman–Crippen MR) is 63.5 cm³/mol. The number of hydrogen-bond donors (Lipinski definition) is 0. The molecule has 1 unspecified atom stereocenters. The van der Waals surface area contributed by atoms with Gasteiger partial charge in [-0.05, 0) is 12.1 Å². The third-order valence-electron chi connectivity index (χ3n) is 3.17. The maximum absolute atomic E-state index is 12.3. The number of Topliss-reactive ketones (excluding diaryl/α,β-unsaturated/α-hetero) is 2. The molecular weight excluding hydrogens is 232 g/mol. The van der Waals surface area contributed by atoms with Crippen LogP contribution in [0.5, 0.6) is 0 Å². The molecule has 5 heteroatoms. The van der Waals surface area contributed by atoms with Crippen LogP contribution in [0.4, 0.5) is 0 Å². The van der Waals surface area contributed by atoms with Crippen molar-refractivity contribution in [2.75, 3.05) is 13.2 Å². The molecule has 2 aromatic rings. The van der Waals surface area contributed by atoms with Gasteiger partial charge in [0.05, 0.1) is 30.5 Å². The van der Waals surface area contributed by atoms with E-state index in [0.29, 0.717) is 18.6 Å². The molecule has 3 rings (SSSR count). The first-order valence-corrected chi connectivity index (χ1v) is 5.84. The molecule has 92 valence electrons. The summed E-state index contributed by atoms with van der Waals surface area (Å²) in [4.78, 5) is 24.1. The average Bonchev–Trinajstić information content (AvgIpc) is 2.82. The van der Waals surface area contributed by atoms with Crippen molar-refractivity contribution in [3.63, 3.8) is 0 Å². The lowest BCUT2D eigenvalue weighted by Crippen LogP contribution is -2.33. The molecule has 1 aliphatic rings. The number of ether oxygens (including phenoxy) is 1. The van der Waals surface area contributed by atoms with Crippen LogP contribution in [0.15, 0.2) is 30.6 Å². The number of nitrogens with zero attached hydrogens (tertiary/aromatic N) is 2. The van der Waals surface area contributed by atoms with Gasteiger partial charge in [-0.1, -0.05) is 6.07 Å². The van der Waals surface area contributed by atoms with Crippen LogP contribution in [0.3, 0.4) is 0 Å². The minimum absolute atomic E-state index is 0.0402. The summed E-state index contributed by atoms with van der Waals surface area (Å²) in [7, 11) is 0. The minimum Gasteiger partial charge on any atom is -0.380 e. The Morgan fingerprint density at radius 1 is 1.44 bits per heavy atom. The van der Waals surface area contributed by atoms with Crippen molar-refractivity contribution >= 4 is 17.1 Å². The molecule has 0 bridgehead atoms. The Hall–Kier alpha value is -2.01. The molecule has 2 aromatic heterocycles. The Morgan fingerprint density at radius 2 is 2.33 bits per heavy atom. The first kappa shape index (κ1) is 11.1. The summed E-state index contributed by atoms with van der Waals surface area (Å²) < 4.78 is 6.84. The Kier molecular flexibility index (Phi) is 2.68. The van der Waals surface area contributed by atoms with Gasteiger partial charge in [0.1, 0.15) is 11.7 Å². The molecule has 1 aliphatic heterocycles. The molecule has 0 spiro atoms. The standard InChI is InChI=1S/C13H12N2O3/c16-12-4-6-18-8-10(12)13(17)9-7-14-15-5-2-1-3-11(9)15/h1-3,5,7,10H,4,6,8H2. The molecule has 1 atom stereocenters. The van der Waals surface area contributed by atoms with Gasteiger partial charge in [0.25, 0.3) is 0 Å². The molecule has 0 radical (unpaired) electrons. The van der Waals surface area contributed by atoms with E-state index in [1.165, 1.54) is 6.20 Å². The van der Waals surface area contributed by atoms with E-state index in [1.54, 1.807) is 10.7 Å². The number of carbonyl (C=O) groups is 2. The summed E-state index contributed by atoms with van der Waals surface area (Å²) in [5, 5.41) is 4.10. The van der Waals surface area contributed by atoms with Crippen LogP contribution < -0.4 is 0 Å². The number of rotatable bonds is 2. The van der Waals surface area contributed by atoms with Gasteiger partial charge in [0, 0.05) is 12.6 Å². The molecule has 5 nitrogen and oxygen atoms in total. The van der Waals surface area contributed by atoms with Crippen molar-refractivity contribution < 1.29 is 14.3 Å². The third-order valence-corrected chi connectivity index (χ3v) is 3.17. The second-order valence-corrected chi connectivity index (χ2v) is 4.30. The highest BCUT2D eigenvalue weighted by Crippen LogP contribution is 2.19. The Bertz CT molecular complexity index is 617. The van der Waals surface area contributed by atoms with E-state index in [9.17, 15) is 9.59 Å². The van der Waals surface area contributed by atoms with Gasteiger partial charge in [0.2, 0.25) is 0 Å². The van der Waals surface area contributed by atoms with E-state index < -0.39 is 5.92 Å². The maximum atomic E-state index is 12.3. The summed E-state index contributed by atoms with van der Waals surface area (Å²) in [6.07, 6.45) is 3.60. The highest BCUT2D eigenvalue weighted by Gasteiger charge is 2.31. The first-order valence-electron chi connectivity index (χ1n) is 5.84. The molecule has 0 N–H and O–H groups in total. The van der Waals surface area contributed by atoms with Gasteiger partial charge in [0.15, 0.2) is 5.78 Å². The highest BCUT2D eigenvalue weighted by molar-refractivity contribution is 6.14. The van der Waals surface area contributed by atoms with Crippen molar-refractivity contribution in [3.8, 4) is 0 Å². The van der Waals surface area contributed by atoms with Gasteiger partial charge in [-0.15, -0.1) is 0 Å². The largest absolute Gasteiger partial charge is 0.380 e. The first-order chi connectivity index (χ1) is 8.77. The lowest BCUT2D eigenvalue weighted by molar-refractivity contribution is -0.128. The Balaban J connectivity index is 1.99. The van der Waals surface area contributed by atoms with Crippen molar-refractivity contribution in [2.24, 2.45) is 5.92 Å². The van der Waals surface area contributed by atoms with E-state index in [0.717, 1.165) is 5.52 Å². The van der Waals surface area contributed by atoms with E-state index in [-0.39, 0.29) is 18.2 Å². The molecule has 0 amide bonds. The molecule has 0 aromatic carbocycles. The van der Waals surface area contributed by atoms with Crippen LogP contribution in [0.25, 0.3) is 5.52 Å². The van der Waals surface area contributed by atoms with Crippen molar-refractivity contribution in [3.05, 3.63) is 36.2 Å². The van der Waals surface area contributed by atoms with Crippen LogP contribution >= 0.6 is 0 Å². The molecule has 0 aliphatic carbocycles. The lowest BCUT2D eigenvalue weighted by atomic mass is 9.92. The van der Waals surface area contributed by atoms with E-state index in [1.807, 2.05) is 18.2 Å². The summed E-state index contributed by atoms with van der Waals surface area (Å²) in [5.41, 5.74) is 1.21. The number of pyridine rings is 1. The van der Waals surface area contributed by atoms with E-state index in [2.05, 4.69) is 5.10 Å². The fourth-order valence-electron chi connectivity index (χ4n) is 2.18. The van der Waals surface area contributed by atoms with Crippen LogP contribution in [-0.2, 0) is 9.53 Å². The zero-order chi connectivity index (χ0) is 12.5. The second kappa shape index (κ2) is 4.34. The number of carbonyl (C=O) groups excluding carboxylic acids is 2. The summed E-state index contributed by atoms with van der Waals surface area (Å²) in [5.74, 6) is -0.908. The summed E-state index contributed by atoms with van der Waals surface area (Å²) in [6, 6.07) is 5.49. The van der Waals surface area contributed by atoms with Crippen LogP contribution in [0.2, 0.25) is 0 Å². The maximum Gasteiger partial charge on any atom is 0.179 e. The van der Waals surface area contributed by atoms with Crippen molar-refractivity contribution in [2.45, 2.75) is 6.42 Å². The third kappa shape index (κ3) is 1.73. The monoisotopic (exact) mass is 244 g/mol. The van der Waals surface area contributed by atoms with Gasteiger partial charge in [-0.2, -0.15) is 5.10 Å².